The van der Waals surface area contributed by atoms with E-state index in [1.807, 2.05) is 13.0 Å². The van der Waals surface area contributed by atoms with Gasteiger partial charge in [-0.2, -0.15) is 0 Å². The lowest BCUT2D eigenvalue weighted by Gasteiger charge is -2.05. The van der Waals surface area contributed by atoms with Crippen molar-refractivity contribution in [3.05, 3.63) is 33.6 Å². The third-order valence-electron chi connectivity index (χ3n) is 1.64. The third kappa shape index (κ3) is 2.22. The van der Waals surface area contributed by atoms with Gasteiger partial charge in [0.1, 0.15) is 14.9 Å². The normalized spacial score (nSPS) is 11.5. The Morgan fingerprint density at radius 3 is 2.50 bits per heavy atom. The van der Waals surface area contributed by atoms with Crippen LogP contribution in [0.4, 0.5) is 5.82 Å². The number of nitrogens with two attached hydrogens (primary N) is 1. The van der Waals surface area contributed by atoms with Gasteiger partial charge in [-0.15, -0.1) is 0 Å². The maximum atomic E-state index is 5.63. The predicted octanol–water partition coefficient (Wildman–Crippen LogP) is 3.17. The van der Waals surface area contributed by atoms with Crippen LogP contribution in [0.5, 0.6) is 0 Å². The smallest absolute Gasteiger partial charge is 0.157 e. The Morgan fingerprint density at radius 1 is 1.36 bits per heavy atom. The molecule has 0 radical (unpaired) electrons. The van der Waals surface area contributed by atoms with Crippen molar-refractivity contribution in [3.63, 3.8) is 0 Å². The number of nitrogens with zero attached hydrogens (tertiary/aromatic N) is 2. The molecule has 1 aromatic rings. The first-order chi connectivity index (χ1) is 6.60. The summed E-state index contributed by atoms with van der Waals surface area (Å²) in [6.45, 7) is 5.60. The topological polar surface area (TPSA) is 51.8 Å². The fourth-order valence-corrected chi connectivity index (χ4v) is 1.94. The van der Waals surface area contributed by atoms with Crippen molar-refractivity contribution in [2.45, 2.75) is 6.92 Å². The Hall–Kier alpha value is -0.680. The second-order valence-electron chi connectivity index (χ2n) is 2.49. The van der Waals surface area contributed by atoms with E-state index < -0.39 is 0 Å². The molecular weight excluding hydrogens is 310 g/mol. The molecule has 14 heavy (non-hydrogen) atoms. The molecule has 5 heteroatoms. The van der Waals surface area contributed by atoms with Crippen molar-refractivity contribution in [2.24, 2.45) is 0 Å². The molecule has 1 heterocycles. The van der Waals surface area contributed by atoms with Crippen LogP contribution in [0.1, 0.15) is 12.6 Å². The molecule has 2 N–H and O–H groups in total. The molecule has 1 rings (SSSR count). The van der Waals surface area contributed by atoms with E-state index in [0.717, 1.165) is 5.57 Å². The van der Waals surface area contributed by atoms with E-state index in [0.29, 0.717) is 20.7 Å². The molecule has 3 nitrogen and oxygen atoms in total. The first kappa shape index (κ1) is 11.4. The highest BCUT2D eigenvalue weighted by atomic mass is 79.9. The molecule has 1 aromatic heterocycles. The molecule has 0 amide bonds. The third-order valence-corrected chi connectivity index (χ3v) is 2.78. The molecule has 0 atom stereocenters. The molecule has 0 fully saturated rings. The summed E-state index contributed by atoms with van der Waals surface area (Å²) in [6.07, 6.45) is 3.61. The van der Waals surface area contributed by atoms with E-state index in [2.05, 4.69) is 48.4 Å². The molecule has 0 aromatic carbocycles. The number of nitrogen functional groups attached to an aromatic ring is 1. The number of halogens is 2. The van der Waals surface area contributed by atoms with Crippen LogP contribution in [0.3, 0.4) is 0 Å². The summed E-state index contributed by atoms with van der Waals surface area (Å²) in [4.78, 5) is 8.34. The fourth-order valence-electron chi connectivity index (χ4n) is 0.944. The van der Waals surface area contributed by atoms with Crippen LogP contribution in [-0.2, 0) is 0 Å². The minimum absolute atomic E-state index is 0.365. The molecule has 0 aliphatic heterocycles. The van der Waals surface area contributed by atoms with Crippen molar-refractivity contribution in [3.8, 4) is 0 Å². The van der Waals surface area contributed by atoms with Crippen LogP contribution in [0, 0.1) is 0 Å². The monoisotopic (exact) mass is 317 g/mol. The SMILES string of the molecule is C=C/C(=C\C)c1nc(N)c(Br)nc1Br. The standard InChI is InChI=1S/C9H9Br2N3/c1-3-5(4-2)6-7(10)14-8(11)9(12)13-6/h3-4H,1H2,2H3,(H2,12,13)/b5-4+. The highest BCUT2D eigenvalue weighted by Gasteiger charge is 2.09. The van der Waals surface area contributed by atoms with Gasteiger partial charge in [-0.1, -0.05) is 18.7 Å². The summed E-state index contributed by atoms with van der Waals surface area (Å²) in [5.41, 5.74) is 7.22. The van der Waals surface area contributed by atoms with Gasteiger partial charge in [-0.3, -0.25) is 0 Å². The predicted molar refractivity (Wildman–Crippen MR) is 65.7 cm³/mol. The van der Waals surface area contributed by atoms with Gasteiger partial charge in [0.05, 0.1) is 0 Å². The van der Waals surface area contributed by atoms with Crippen LogP contribution in [0.25, 0.3) is 5.57 Å². The minimum atomic E-state index is 0.365. The number of aromatic nitrogens is 2. The second-order valence-corrected chi connectivity index (χ2v) is 3.99. The van der Waals surface area contributed by atoms with Gasteiger partial charge in [-0.05, 0) is 44.4 Å². The van der Waals surface area contributed by atoms with Gasteiger partial charge < -0.3 is 5.73 Å². The van der Waals surface area contributed by atoms with Crippen LogP contribution >= 0.6 is 31.9 Å². The molecule has 74 valence electrons. The molecule has 0 spiro atoms. The highest BCUT2D eigenvalue weighted by Crippen LogP contribution is 2.25. The summed E-state index contributed by atoms with van der Waals surface area (Å²) >= 11 is 6.51. The lowest BCUT2D eigenvalue weighted by Crippen LogP contribution is -2.00. The fraction of sp³-hybridized carbons (Fsp3) is 0.111. The lowest BCUT2D eigenvalue weighted by molar-refractivity contribution is 1.11. The van der Waals surface area contributed by atoms with E-state index in [1.54, 1.807) is 6.08 Å². The van der Waals surface area contributed by atoms with Gasteiger partial charge in [-0.25, -0.2) is 9.97 Å². The Labute approximate surface area is 99.4 Å². The van der Waals surface area contributed by atoms with Crippen molar-refractivity contribution in [1.29, 1.82) is 0 Å². The Kier molecular flexibility index (Phi) is 3.83. The van der Waals surface area contributed by atoms with Crippen LogP contribution in [0.15, 0.2) is 27.9 Å². The molecule has 0 bridgehead atoms. The number of hydrogen-bond donors (Lipinski definition) is 1. The lowest BCUT2D eigenvalue weighted by atomic mass is 10.2. The maximum Gasteiger partial charge on any atom is 0.157 e. The molecule has 0 saturated heterocycles. The van der Waals surface area contributed by atoms with Gasteiger partial charge in [0.25, 0.3) is 0 Å². The van der Waals surface area contributed by atoms with Gasteiger partial charge in [0.2, 0.25) is 0 Å². The van der Waals surface area contributed by atoms with E-state index in [9.17, 15) is 0 Å². The average molecular weight is 319 g/mol. The zero-order chi connectivity index (χ0) is 10.7. The zero-order valence-electron chi connectivity index (χ0n) is 7.59. The largest absolute Gasteiger partial charge is 0.381 e. The molecule has 0 unspecified atom stereocenters. The van der Waals surface area contributed by atoms with Crippen molar-refractivity contribution in [1.82, 2.24) is 9.97 Å². The van der Waals surface area contributed by atoms with Crippen LogP contribution in [0.2, 0.25) is 0 Å². The Balaban J connectivity index is 3.35. The summed E-state index contributed by atoms with van der Waals surface area (Å²) in [7, 11) is 0. The van der Waals surface area contributed by atoms with Crippen LogP contribution < -0.4 is 5.73 Å². The summed E-state index contributed by atoms with van der Waals surface area (Å²) in [5, 5.41) is 0. The van der Waals surface area contributed by atoms with Gasteiger partial charge in [0.15, 0.2) is 5.82 Å². The average Bonchev–Trinajstić information content (AvgIpc) is 2.15. The summed E-state index contributed by atoms with van der Waals surface area (Å²) < 4.78 is 1.18. The van der Waals surface area contributed by atoms with E-state index in [-0.39, 0.29) is 0 Å². The van der Waals surface area contributed by atoms with Gasteiger partial charge >= 0.3 is 0 Å². The van der Waals surface area contributed by atoms with Gasteiger partial charge in [0, 0.05) is 0 Å². The highest BCUT2D eigenvalue weighted by molar-refractivity contribution is 9.11. The van der Waals surface area contributed by atoms with E-state index in [4.69, 9.17) is 5.73 Å². The van der Waals surface area contributed by atoms with Crippen LogP contribution in [-0.4, -0.2) is 9.97 Å². The Bertz CT molecular complexity index is 399. The minimum Gasteiger partial charge on any atom is -0.381 e. The maximum absolute atomic E-state index is 5.63. The second kappa shape index (κ2) is 4.70. The molecule has 0 saturated carbocycles. The van der Waals surface area contributed by atoms with Crippen molar-refractivity contribution < 1.29 is 0 Å². The number of rotatable bonds is 2. The number of allylic oxidation sites excluding steroid dienone is 3. The van der Waals surface area contributed by atoms with E-state index >= 15 is 0 Å². The molecule has 0 aliphatic rings. The summed E-state index contributed by atoms with van der Waals surface area (Å²) in [6, 6.07) is 0. The van der Waals surface area contributed by atoms with Crippen molar-refractivity contribution >= 4 is 43.3 Å². The van der Waals surface area contributed by atoms with Crippen molar-refractivity contribution in [2.75, 3.05) is 5.73 Å². The quantitative estimate of drug-likeness (QED) is 0.852. The Morgan fingerprint density at radius 2 is 2.00 bits per heavy atom. The number of hydrogen-bond acceptors (Lipinski definition) is 3. The summed E-state index contributed by atoms with van der Waals surface area (Å²) in [5.74, 6) is 0.365. The first-order valence-corrected chi connectivity index (χ1v) is 5.46. The number of anilines is 1. The first-order valence-electron chi connectivity index (χ1n) is 3.87. The molecular formula is C9H9Br2N3. The molecule has 0 aliphatic carbocycles. The van der Waals surface area contributed by atoms with E-state index in [1.165, 1.54) is 0 Å². The zero-order valence-corrected chi connectivity index (χ0v) is 10.8.